The van der Waals surface area contributed by atoms with E-state index < -0.39 is 17.9 Å². The van der Waals surface area contributed by atoms with Gasteiger partial charge in [0.05, 0.1) is 84.6 Å². The summed E-state index contributed by atoms with van der Waals surface area (Å²) >= 11 is 1.49. The lowest BCUT2D eigenvalue weighted by molar-refractivity contribution is -0.154. The van der Waals surface area contributed by atoms with Gasteiger partial charge in [0.25, 0.3) is 0 Å². The van der Waals surface area contributed by atoms with Crippen molar-refractivity contribution < 1.29 is 38.0 Å². The van der Waals surface area contributed by atoms with Crippen LogP contribution in [0.15, 0.2) is 40.6 Å². The molecule has 1 aromatic heterocycles. The highest BCUT2D eigenvalue weighted by Gasteiger charge is 2.22. The molecule has 2 aromatic rings. The molecule has 0 aliphatic carbocycles. The molecule has 2 rings (SSSR count). The van der Waals surface area contributed by atoms with Crippen LogP contribution in [0.3, 0.4) is 0 Å². The van der Waals surface area contributed by atoms with Crippen molar-refractivity contribution in [1.82, 2.24) is 0 Å². The summed E-state index contributed by atoms with van der Waals surface area (Å²) in [5, 5.41) is 9.49. The minimum Gasteiger partial charge on any atom is -0.469 e. The van der Waals surface area contributed by atoms with Gasteiger partial charge in [-0.05, 0) is 88.1 Å². The van der Waals surface area contributed by atoms with Gasteiger partial charge in [-0.15, -0.1) is 11.3 Å². The van der Waals surface area contributed by atoms with Crippen LogP contribution in [0.2, 0.25) is 0 Å². The van der Waals surface area contributed by atoms with Crippen LogP contribution >= 0.6 is 11.3 Å². The number of aryl methyl sites for hydroxylation is 2. The molecule has 0 saturated carbocycles. The highest BCUT2D eigenvalue weighted by Crippen LogP contribution is 2.42. The van der Waals surface area contributed by atoms with E-state index in [4.69, 9.17) is 35.0 Å². The first-order valence-electron chi connectivity index (χ1n) is 18.6. The topological polar surface area (TPSA) is 122 Å². The van der Waals surface area contributed by atoms with E-state index >= 15 is 0 Å². The number of anilines is 1. The molecule has 0 aliphatic heterocycles. The first-order valence-corrected chi connectivity index (χ1v) is 19.4. The summed E-state index contributed by atoms with van der Waals surface area (Å²) < 4.78 is 32.5. The number of hydrogen-bond acceptors (Lipinski definition) is 12. The number of methoxy groups -OCH3 is 1. The van der Waals surface area contributed by atoms with Crippen molar-refractivity contribution in [2.24, 2.45) is 16.1 Å². The van der Waals surface area contributed by atoms with Gasteiger partial charge in [-0.1, -0.05) is 31.9 Å². The summed E-state index contributed by atoms with van der Waals surface area (Å²) in [7, 11) is 1.33. The summed E-state index contributed by atoms with van der Waals surface area (Å²) in [6.45, 7) is 24.1. The van der Waals surface area contributed by atoms with Crippen LogP contribution in [0.5, 0.6) is 0 Å². The van der Waals surface area contributed by atoms with Crippen molar-refractivity contribution in [1.29, 1.82) is 0 Å². The quantitative estimate of drug-likeness (QED) is 0.0275. The van der Waals surface area contributed by atoms with Gasteiger partial charge in [-0.25, -0.2) is 4.85 Å². The third-order valence-corrected chi connectivity index (χ3v) is 9.50. The minimum absolute atomic E-state index is 0.0240. The van der Waals surface area contributed by atoms with Gasteiger partial charge in [0.15, 0.2) is 0 Å². The van der Waals surface area contributed by atoms with E-state index in [-0.39, 0.29) is 25.7 Å². The lowest BCUT2D eigenvalue weighted by Gasteiger charge is -2.29. The van der Waals surface area contributed by atoms with Gasteiger partial charge in [-0.2, -0.15) is 10.2 Å². The zero-order valence-electron chi connectivity index (χ0n) is 32.8. The number of ether oxygens (including phenoxy) is 6. The number of thiophene rings is 1. The Morgan fingerprint density at radius 3 is 2.13 bits per heavy atom. The third-order valence-electron chi connectivity index (χ3n) is 8.42. The van der Waals surface area contributed by atoms with E-state index in [2.05, 4.69) is 52.9 Å². The fraction of sp³-hybridized carbons (Fsp3) is 0.625. The molecular formula is C40H60N4O8S. The summed E-state index contributed by atoms with van der Waals surface area (Å²) in [5.74, 6) is -1.41. The Morgan fingerprint density at radius 1 is 0.906 bits per heavy atom. The number of benzene rings is 1. The maximum Gasteiger partial charge on any atom is 0.309 e. The molecule has 13 heteroatoms. The predicted molar refractivity (Wildman–Crippen MR) is 210 cm³/mol. The molecule has 1 heterocycles. The SMILES string of the molecule is [C-]#[N+]c1c(N=Nc2ccc(N(CCOCCOCCOCCOCCOC(=O)CC(C/C=C/CCCCC)C(=O)OC)C(C)C)cc2C)sc(C)c1C. The van der Waals surface area contributed by atoms with Gasteiger partial charge >= 0.3 is 11.9 Å². The number of esters is 2. The van der Waals surface area contributed by atoms with Crippen molar-refractivity contribution in [3.63, 3.8) is 0 Å². The molecule has 0 saturated heterocycles. The van der Waals surface area contributed by atoms with Crippen molar-refractivity contribution in [2.45, 2.75) is 86.1 Å². The first kappa shape index (κ1) is 45.5. The molecule has 53 heavy (non-hydrogen) atoms. The van der Waals surface area contributed by atoms with E-state index in [0.29, 0.717) is 63.4 Å². The molecule has 12 nitrogen and oxygen atoms in total. The number of carbonyl (C=O) groups is 2. The zero-order valence-corrected chi connectivity index (χ0v) is 33.6. The highest BCUT2D eigenvalue weighted by atomic mass is 32.1. The first-order chi connectivity index (χ1) is 25.6. The van der Waals surface area contributed by atoms with E-state index in [1.165, 1.54) is 24.9 Å². The van der Waals surface area contributed by atoms with Crippen LogP contribution in [-0.4, -0.2) is 91.1 Å². The Kier molecular flexibility index (Phi) is 23.2. The molecule has 0 bridgehead atoms. The Balaban J connectivity index is 1.54. The fourth-order valence-corrected chi connectivity index (χ4v) is 6.15. The van der Waals surface area contributed by atoms with Crippen LogP contribution in [0.1, 0.15) is 75.3 Å². The summed E-state index contributed by atoms with van der Waals surface area (Å²) in [6.07, 6.45) is 8.84. The standard InChI is InChI=1S/C40H60N4O8S/c1-9-10-11-12-13-14-15-34(40(46)47-8)29-37(45)52-27-26-51-25-24-50-23-22-49-21-20-48-19-18-44(30(2)3)35-16-17-36(31(4)28-35)42-43-39-38(41-7)32(5)33(6)53-39/h13-14,16-17,28,30,34H,9-12,15,18-27,29H2,1-6,8H3/b14-13+,43-42?. The molecule has 1 atom stereocenters. The largest absolute Gasteiger partial charge is 0.469 e. The maximum absolute atomic E-state index is 12.2. The summed E-state index contributed by atoms with van der Waals surface area (Å²) in [6, 6.07) is 6.40. The monoisotopic (exact) mass is 756 g/mol. The molecule has 1 unspecified atom stereocenters. The van der Waals surface area contributed by atoms with Crippen molar-refractivity contribution in [3.8, 4) is 0 Å². The van der Waals surface area contributed by atoms with E-state index in [1.54, 1.807) is 0 Å². The number of nitrogens with zero attached hydrogens (tertiary/aromatic N) is 4. The average Bonchev–Trinajstić information content (AvgIpc) is 3.42. The lowest BCUT2D eigenvalue weighted by Crippen LogP contribution is -2.34. The smallest absolute Gasteiger partial charge is 0.309 e. The Hall–Kier alpha value is -3.67. The Labute approximate surface area is 320 Å². The zero-order chi connectivity index (χ0) is 38.8. The second-order valence-corrected chi connectivity index (χ2v) is 14.0. The number of azo groups is 1. The van der Waals surface area contributed by atoms with Crippen LogP contribution in [-0.2, 0) is 38.0 Å². The molecule has 0 N–H and O–H groups in total. The van der Waals surface area contributed by atoms with E-state index in [1.807, 2.05) is 39.0 Å². The molecule has 0 radical (unpaired) electrons. The van der Waals surface area contributed by atoms with Crippen molar-refractivity contribution >= 4 is 45.3 Å². The Morgan fingerprint density at radius 2 is 1.55 bits per heavy atom. The van der Waals surface area contributed by atoms with Gasteiger partial charge in [0, 0.05) is 18.3 Å². The molecule has 294 valence electrons. The number of allylic oxidation sites excluding steroid dienone is 2. The molecule has 0 fully saturated rings. The second-order valence-electron chi connectivity index (χ2n) is 12.8. The number of carbonyl (C=O) groups excluding carboxylic acids is 2. The molecule has 0 aliphatic rings. The minimum atomic E-state index is -0.550. The Bertz CT molecular complexity index is 1470. The van der Waals surface area contributed by atoms with Crippen molar-refractivity contribution in [3.05, 3.63) is 57.8 Å². The molecule has 1 aromatic carbocycles. The maximum atomic E-state index is 12.2. The normalized spacial score (nSPS) is 12.1. The van der Waals surface area contributed by atoms with E-state index in [9.17, 15) is 9.59 Å². The summed E-state index contributed by atoms with van der Waals surface area (Å²) in [5.41, 5.74) is 4.42. The van der Waals surface area contributed by atoms with Crippen LogP contribution < -0.4 is 4.90 Å². The van der Waals surface area contributed by atoms with Crippen LogP contribution in [0, 0.1) is 33.3 Å². The molecule has 0 amide bonds. The molecule has 0 spiro atoms. The third kappa shape index (κ3) is 17.8. The van der Waals surface area contributed by atoms with Gasteiger partial charge in [-0.3, -0.25) is 9.59 Å². The van der Waals surface area contributed by atoms with Crippen molar-refractivity contribution in [2.75, 3.05) is 78.0 Å². The van der Waals surface area contributed by atoms with E-state index in [0.717, 1.165) is 53.2 Å². The van der Waals surface area contributed by atoms with Gasteiger partial charge in [0.2, 0.25) is 5.69 Å². The summed E-state index contributed by atoms with van der Waals surface area (Å²) in [4.78, 5) is 31.3. The number of hydrogen-bond donors (Lipinski definition) is 0. The molecular weight excluding hydrogens is 697 g/mol. The van der Waals surface area contributed by atoms with Crippen LogP contribution in [0.4, 0.5) is 22.1 Å². The van der Waals surface area contributed by atoms with Gasteiger partial charge in [0.1, 0.15) is 11.6 Å². The number of unbranched alkanes of at least 4 members (excludes halogenated alkanes) is 3. The van der Waals surface area contributed by atoms with Gasteiger partial charge < -0.3 is 33.3 Å². The lowest BCUT2D eigenvalue weighted by atomic mass is 10.0. The number of rotatable bonds is 28. The average molecular weight is 757 g/mol. The second kappa shape index (κ2) is 27.0. The highest BCUT2D eigenvalue weighted by molar-refractivity contribution is 7.16. The predicted octanol–water partition coefficient (Wildman–Crippen LogP) is 9.17. The fourth-order valence-electron chi connectivity index (χ4n) is 5.23. The van der Waals surface area contributed by atoms with Crippen LogP contribution in [0.25, 0.3) is 4.85 Å².